The van der Waals surface area contributed by atoms with Gasteiger partial charge in [0.25, 0.3) is 5.91 Å². The second kappa shape index (κ2) is 7.92. The van der Waals surface area contributed by atoms with Crippen LogP contribution in [0.25, 0.3) is 21.9 Å². The van der Waals surface area contributed by atoms with E-state index < -0.39 is 11.9 Å². The number of carbonyl (C=O) groups excluding carboxylic acids is 2. The predicted octanol–water partition coefficient (Wildman–Crippen LogP) is 3.99. The Balaban J connectivity index is 1.54. The van der Waals surface area contributed by atoms with Crippen molar-refractivity contribution in [3.8, 4) is 11.1 Å². The van der Waals surface area contributed by atoms with Crippen LogP contribution in [0, 0.1) is 12.7 Å². The fraction of sp³-hybridized carbons (Fsp3) is 0.160. The number of hydrogen-bond donors (Lipinski definition) is 2. The Labute approximate surface area is 184 Å². The van der Waals surface area contributed by atoms with E-state index in [0.717, 1.165) is 27.6 Å². The van der Waals surface area contributed by atoms with Crippen LogP contribution in [-0.4, -0.2) is 40.0 Å². The van der Waals surface area contributed by atoms with Crippen LogP contribution >= 0.6 is 0 Å². The molecule has 3 aromatic carbocycles. The van der Waals surface area contributed by atoms with E-state index in [-0.39, 0.29) is 11.8 Å². The molecule has 2 amide bonds. The van der Waals surface area contributed by atoms with E-state index in [9.17, 15) is 14.0 Å². The van der Waals surface area contributed by atoms with Crippen molar-refractivity contribution in [1.82, 2.24) is 20.4 Å². The number of rotatable bonds is 3. The molecule has 5 rings (SSSR count). The molecule has 0 aliphatic carbocycles. The highest BCUT2D eigenvalue weighted by atomic mass is 19.1. The van der Waals surface area contributed by atoms with Crippen LogP contribution in [0.5, 0.6) is 0 Å². The number of carbonyl (C=O) groups is 2. The van der Waals surface area contributed by atoms with Gasteiger partial charge >= 0.3 is 0 Å². The molecule has 1 unspecified atom stereocenters. The number of benzene rings is 3. The molecule has 1 aromatic heterocycles. The minimum atomic E-state index is -0.873. The van der Waals surface area contributed by atoms with E-state index in [1.807, 2.05) is 37.3 Å². The zero-order chi connectivity index (χ0) is 22.2. The lowest BCUT2D eigenvalue weighted by Gasteiger charge is -2.35. The number of halogens is 1. The van der Waals surface area contributed by atoms with Crippen LogP contribution in [0.3, 0.4) is 0 Å². The predicted molar refractivity (Wildman–Crippen MR) is 119 cm³/mol. The number of nitrogens with zero attached hydrogens (tertiary/aromatic N) is 2. The van der Waals surface area contributed by atoms with Crippen molar-refractivity contribution in [3.05, 3.63) is 89.5 Å². The monoisotopic (exact) mass is 428 g/mol. The maximum absolute atomic E-state index is 13.8. The van der Waals surface area contributed by atoms with Crippen molar-refractivity contribution in [2.75, 3.05) is 13.1 Å². The van der Waals surface area contributed by atoms with Gasteiger partial charge in [-0.1, -0.05) is 36.4 Å². The first kappa shape index (κ1) is 19.9. The van der Waals surface area contributed by atoms with Gasteiger partial charge < -0.3 is 10.2 Å². The number of H-pyrrole nitrogens is 1. The van der Waals surface area contributed by atoms with E-state index in [0.29, 0.717) is 24.2 Å². The second-order valence-corrected chi connectivity index (χ2v) is 7.90. The van der Waals surface area contributed by atoms with Gasteiger partial charge in [-0.2, -0.15) is 5.10 Å². The van der Waals surface area contributed by atoms with E-state index in [1.54, 1.807) is 24.4 Å². The maximum Gasteiger partial charge on any atom is 0.254 e. The van der Waals surface area contributed by atoms with Gasteiger partial charge in [-0.3, -0.25) is 14.7 Å². The van der Waals surface area contributed by atoms with Gasteiger partial charge in [-0.05, 0) is 53.1 Å². The summed E-state index contributed by atoms with van der Waals surface area (Å²) in [6, 6.07) is 16.4. The van der Waals surface area contributed by atoms with Crippen LogP contribution < -0.4 is 5.32 Å². The lowest BCUT2D eigenvalue weighted by atomic mass is 9.96. The fourth-order valence-corrected chi connectivity index (χ4v) is 4.33. The zero-order valence-electron chi connectivity index (χ0n) is 17.4. The summed E-state index contributed by atoms with van der Waals surface area (Å²) in [5.41, 5.74) is 3.94. The van der Waals surface area contributed by atoms with Crippen molar-refractivity contribution in [1.29, 1.82) is 0 Å². The van der Waals surface area contributed by atoms with Crippen molar-refractivity contribution in [3.63, 3.8) is 0 Å². The summed E-state index contributed by atoms with van der Waals surface area (Å²) in [5, 5.41) is 11.8. The summed E-state index contributed by atoms with van der Waals surface area (Å²) in [5.74, 6) is -1.02. The van der Waals surface area contributed by atoms with Gasteiger partial charge in [0, 0.05) is 29.9 Å². The molecule has 0 radical (unpaired) electrons. The van der Waals surface area contributed by atoms with Crippen molar-refractivity contribution in [2.24, 2.45) is 0 Å². The Morgan fingerprint density at radius 1 is 1.09 bits per heavy atom. The van der Waals surface area contributed by atoms with E-state index in [4.69, 9.17) is 0 Å². The van der Waals surface area contributed by atoms with Crippen LogP contribution in [0.2, 0.25) is 0 Å². The van der Waals surface area contributed by atoms with Gasteiger partial charge in [0.1, 0.15) is 11.9 Å². The number of amides is 2. The van der Waals surface area contributed by atoms with Crippen LogP contribution in [-0.2, 0) is 4.79 Å². The first-order valence-electron chi connectivity index (χ1n) is 10.4. The van der Waals surface area contributed by atoms with Gasteiger partial charge in [0.2, 0.25) is 5.91 Å². The molecule has 0 bridgehead atoms. The summed E-state index contributed by atoms with van der Waals surface area (Å²) in [4.78, 5) is 27.6. The number of aromatic nitrogens is 2. The molecule has 1 fully saturated rings. The highest BCUT2D eigenvalue weighted by Gasteiger charge is 2.35. The Kier molecular flexibility index (Phi) is 4.93. The standard InChI is InChI=1S/C25H21FN4O2/c1-15-22(14-28-29-15)21-7-3-4-16-12-18(8-9-20(16)21)25(32)30-11-10-27-24(31)23(30)17-5-2-6-19(26)13-17/h2-9,12-14,23H,10-11H2,1H3,(H,27,31)(H,28,29). The summed E-state index contributed by atoms with van der Waals surface area (Å²) in [6.07, 6.45) is 1.79. The summed E-state index contributed by atoms with van der Waals surface area (Å²) in [6.45, 7) is 2.67. The SMILES string of the molecule is Cc1[nH]ncc1-c1cccc2cc(C(=O)N3CCNC(=O)C3c3cccc(F)c3)ccc12. The van der Waals surface area contributed by atoms with Crippen molar-refractivity contribution < 1.29 is 14.0 Å². The Morgan fingerprint density at radius 3 is 2.72 bits per heavy atom. The molecule has 32 heavy (non-hydrogen) atoms. The quantitative estimate of drug-likeness (QED) is 0.518. The number of piperazine rings is 1. The molecule has 4 aromatic rings. The lowest BCUT2D eigenvalue weighted by Crippen LogP contribution is -2.52. The third-order valence-electron chi connectivity index (χ3n) is 5.88. The Morgan fingerprint density at radius 2 is 1.94 bits per heavy atom. The number of aryl methyl sites for hydroxylation is 1. The molecular formula is C25H21FN4O2. The molecule has 0 saturated carbocycles. The molecule has 2 N–H and O–H groups in total. The molecular weight excluding hydrogens is 407 g/mol. The second-order valence-electron chi connectivity index (χ2n) is 7.90. The van der Waals surface area contributed by atoms with Crippen LogP contribution in [0.4, 0.5) is 4.39 Å². The number of fused-ring (bicyclic) bond motifs is 1. The molecule has 160 valence electrons. The lowest BCUT2D eigenvalue weighted by molar-refractivity contribution is -0.128. The summed E-state index contributed by atoms with van der Waals surface area (Å²) >= 11 is 0. The van der Waals surface area contributed by atoms with E-state index >= 15 is 0 Å². The molecule has 6 nitrogen and oxygen atoms in total. The van der Waals surface area contributed by atoms with Crippen LogP contribution in [0.1, 0.15) is 27.7 Å². The third kappa shape index (κ3) is 3.41. The van der Waals surface area contributed by atoms with Crippen molar-refractivity contribution in [2.45, 2.75) is 13.0 Å². The third-order valence-corrected chi connectivity index (χ3v) is 5.88. The summed E-state index contributed by atoms with van der Waals surface area (Å²) < 4.78 is 13.8. The molecule has 7 heteroatoms. The van der Waals surface area contributed by atoms with Crippen LogP contribution in [0.15, 0.2) is 66.9 Å². The first-order chi connectivity index (χ1) is 15.5. The minimum Gasteiger partial charge on any atom is -0.352 e. The van der Waals surface area contributed by atoms with Gasteiger partial charge in [-0.25, -0.2) is 4.39 Å². The Hall–Kier alpha value is -4.00. The molecule has 0 spiro atoms. The van der Waals surface area contributed by atoms with Gasteiger partial charge in [0.05, 0.1) is 6.20 Å². The van der Waals surface area contributed by atoms with E-state index in [1.165, 1.54) is 17.0 Å². The van der Waals surface area contributed by atoms with Gasteiger partial charge in [0.15, 0.2) is 0 Å². The first-order valence-corrected chi connectivity index (χ1v) is 10.4. The zero-order valence-corrected chi connectivity index (χ0v) is 17.4. The number of hydrogen-bond acceptors (Lipinski definition) is 3. The van der Waals surface area contributed by atoms with Crippen molar-refractivity contribution >= 4 is 22.6 Å². The minimum absolute atomic E-state index is 0.263. The molecule has 1 aliphatic heterocycles. The van der Waals surface area contributed by atoms with E-state index in [2.05, 4.69) is 15.5 Å². The topological polar surface area (TPSA) is 78.1 Å². The molecule has 1 saturated heterocycles. The largest absolute Gasteiger partial charge is 0.352 e. The highest BCUT2D eigenvalue weighted by molar-refractivity contribution is 6.04. The smallest absolute Gasteiger partial charge is 0.254 e. The molecule has 2 heterocycles. The average Bonchev–Trinajstić information content (AvgIpc) is 3.23. The molecule has 1 atom stereocenters. The normalized spacial score (nSPS) is 16.2. The average molecular weight is 428 g/mol. The molecule has 1 aliphatic rings. The number of aromatic amines is 1. The fourth-order valence-electron chi connectivity index (χ4n) is 4.33. The highest BCUT2D eigenvalue weighted by Crippen LogP contribution is 2.32. The van der Waals surface area contributed by atoms with Gasteiger partial charge in [-0.15, -0.1) is 0 Å². The Bertz CT molecular complexity index is 1350. The maximum atomic E-state index is 13.8. The summed E-state index contributed by atoms with van der Waals surface area (Å²) in [7, 11) is 0. The number of nitrogens with one attached hydrogen (secondary N) is 2.